The zero-order valence-corrected chi connectivity index (χ0v) is 13.5. The van der Waals surface area contributed by atoms with E-state index in [2.05, 4.69) is 42.2 Å². The van der Waals surface area contributed by atoms with Crippen LogP contribution in [-0.2, 0) is 0 Å². The molecular formula is C22H16S. The molecule has 3 rings (SSSR count). The molecule has 3 aromatic carbocycles. The topological polar surface area (TPSA) is 0 Å². The van der Waals surface area contributed by atoms with Crippen LogP contribution in [0.1, 0.15) is 11.1 Å². The van der Waals surface area contributed by atoms with Crippen molar-refractivity contribution < 1.29 is 0 Å². The third kappa shape index (κ3) is 4.92. The Labute approximate surface area is 141 Å². The summed E-state index contributed by atoms with van der Waals surface area (Å²) in [7, 11) is 0. The smallest absolute Gasteiger partial charge is 0.0631 e. The Morgan fingerprint density at radius 1 is 0.696 bits per heavy atom. The van der Waals surface area contributed by atoms with E-state index in [0.717, 1.165) is 16.0 Å². The summed E-state index contributed by atoms with van der Waals surface area (Å²) in [5.74, 6) is 6.55. The van der Waals surface area contributed by atoms with Crippen LogP contribution in [0.4, 0.5) is 0 Å². The van der Waals surface area contributed by atoms with Crippen LogP contribution in [0.25, 0.3) is 6.08 Å². The molecule has 0 aliphatic rings. The van der Waals surface area contributed by atoms with Crippen LogP contribution < -0.4 is 0 Å². The number of hydrogen-bond donors (Lipinski definition) is 0. The van der Waals surface area contributed by atoms with Crippen LogP contribution in [0, 0.1) is 11.8 Å². The number of allylic oxidation sites excluding steroid dienone is 1. The fraction of sp³-hybridized carbons (Fsp3) is 0. The maximum atomic E-state index is 3.31. The second-order valence-corrected chi connectivity index (χ2v) is 6.07. The summed E-state index contributed by atoms with van der Waals surface area (Å²) in [6.07, 6.45) is 2.13. The van der Waals surface area contributed by atoms with E-state index in [9.17, 15) is 0 Å². The predicted molar refractivity (Wildman–Crippen MR) is 100 cm³/mol. The molecule has 0 saturated carbocycles. The van der Waals surface area contributed by atoms with E-state index in [4.69, 9.17) is 0 Å². The van der Waals surface area contributed by atoms with Crippen LogP contribution in [0.5, 0.6) is 0 Å². The molecule has 0 heterocycles. The van der Waals surface area contributed by atoms with Gasteiger partial charge in [-0.1, -0.05) is 90.3 Å². The second kappa shape index (κ2) is 8.08. The molecule has 0 aliphatic heterocycles. The second-order valence-electron chi connectivity index (χ2n) is 4.95. The predicted octanol–water partition coefficient (Wildman–Crippen LogP) is 5.87. The van der Waals surface area contributed by atoms with E-state index in [0.29, 0.717) is 0 Å². The minimum atomic E-state index is 1.03. The third-order valence-electron chi connectivity index (χ3n) is 3.17. The van der Waals surface area contributed by atoms with Crippen LogP contribution in [0.15, 0.2) is 101 Å². The number of thioether (sulfide) groups is 1. The standard InChI is InChI=1S/C22H16S/c1-4-10-19(11-5-1)16-17-22(18-20-12-6-2-7-13-20)23-21-14-8-3-9-15-21/h1-15,18H/b22-18-. The lowest BCUT2D eigenvalue weighted by Gasteiger charge is -2.01. The maximum Gasteiger partial charge on any atom is 0.0631 e. The lowest BCUT2D eigenvalue weighted by Crippen LogP contribution is -1.78. The van der Waals surface area contributed by atoms with Gasteiger partial charge in [0.1, 0.15) is 0 Å². The van der Waals surface area contributed by atoms with Gasteiger partial charge in [0.05, 0.1) is 4.91 Å². The van der Waals surface area contributed by atoms with Gasteiger partial charge in [-0.25, -0.2) is 0 Å². The molecule has 0 fully saturated rings. The van der Waals surface area contributed by atoms with Crippen molar-refractivity contribution in [3.8, 4) is 11.8 Å². The normalized spacial score (nSPS) is 10.7. The highest BCUT2D eigenvalue weighted by atomic mass is 32.2. The van der Waals surface area contributed by atoms with Crippen LogP contribution in [0.2, 0.25) is 0 Å². The molecule has 1 heteroatoms. The maximum absolute atomic E-state index is 3.31. The van der Waals surface area contributed by atoms with E-state index >= 15 is 0 Å². The Morgan fingerprint density at radius 3 is 1.91 bits per heavy atom. The van der Waals surface area contributed by atoms with E-state index in [1.54, 1.807) is 11.8 Å². The molecule has 0 nitrogen and oxygen atoms in total. The number of hydrogen-bond acceptors (Lipinski definition) is 1. The molecule has 0 saturated heterocycles. The molecule has 3 aromatic rings. The van der Waals surface area contributed by atoms with Crippen molar-refractivity contribution in [1.82, 2.24) is 0 Å². The molecule has 0 atom stereocenters. The summed E-state index contributed by atoms with van der Waals surface area (Å²) in [5.41, 5.74) is 2.19. The van der Waals surface area contributed by atoms with E-state index in [1.807, 2.05) is 66.7 Å². The van der Waals surface area contributed by atoms with Gasteiger partial charge in [-0.05, 0) is 35.9 Å². The summed E-state index contributed by atoms with van der Waals surface area (Å²) < 4.78 is 0. The van der Waals surface area contributed by atoms with Gasteiger partial charge < -0.3 is 0 Å². The molecule has 0 radical (unpaired) electrons. The first-order valence-corrected chi connectivity index (χ1v) is 8.28. The van der Waals surface area contributed by atoms with E-state index in [1.165, 1.54) is 4.90 Å². The molecule has 0 amide bonds. The molecule has 0 bridgehead atoms. The average molecular weight is 312 g/mol. The Hall–Kier alpha value is -2.69. The average Bonchev–Trinajstić information content (AvgIpc) is 2.62. The molecule has 0 aromatic heterocycles. The Balaban J connectivity index is 1.91. The summed E-state index contributed by atoms with van der Waals surface area (Å²) >= 11 is 1.69. The largest absolute Gasteiger partial charge is 0.0808 e. The Kier molecular flexibility index (Phi) is 5.34. The highest BCUT2D eigenvalue weighted by Gasteiger charge is 1.98. The van der Waals surface area contributed by atoms with Crippen LogP contribution in [-0.4, -0.2) is 0 Å². The van der Waals surface area contributed by atoms with Crippen molar-refractivity contribution in [2.45, 2.75) is 4.90 Å². The molecule has 0 aliphatic carbocycles. The van der Waals surface area contributed by atoms with Crippen molar-refractivity contribution in [2.75, 3.05) is 0 Å². The monoisotopic (exact) mass is 312 g/mol. The van der Waals surface area contributed by atoms with Gasteiger partial charge in [-0.15, -0.1) is 0 Å². The van der Waals surface area contributed by atoms with E-state index in [-0.39, 0.29) is 0 Å². The molecule has 0 spiro atoms. The van der Waals surface area contributed by atoms with Crippen molar-refractivity contribution in [3.05, 3.63) is 107 Å². The minimum Gasteiger partial charge on any atom is -0.0808 e. The van der Waals surface area contributed by atoms with Gasteiger partial charge >= 0.3 is 0 Å². The highest BCUT2D eigenvalue weighted by Crippen LogP contribution is 2.27. The van der Waals surface area contributed by atoms with Crippen LogP contribution >= 0.6 is 11.8 Å². The Bertz CT molecular complexity index is 823. The quantitative estimate of drug-likeness (QED) is 0.430. The minimum absolute atomic E-state index is 1.03. The fourth-order valence-corrected chi connectivity index (χ4v) is 2.91. The number of benzene rings is 3. The fourth-order valence-electron chi connectivity index (χ4n) is 2.06. The molecule has 23 heavy (non-hydrogen) atoms. The van der Waals surface area contributed by atoms with Crippen molar-refractivity contribution in [2.24, 2.45) is 0 Å². The SMILES string of the molecule is C(#Cc1ccccc1)/C(=C/c1ccccc1)Sc1ccccc1. The summed E-state index contributed by atoms with van der Waals surface area (Å²) in [4.78, 5) is 2.23. The first-order chi connectivity index (χ1) is 11.4. The van der Waals surface area contributed by atoms with Gasteiger partial charge in [0, 0.05) is 10.5 Å². The molecular weight excluding hydrogens is 296 g/mol. The summed E-state index contributed by atoms with van der Waals surface area (Å²) in [6, 6.07) is 30.7. The summed E-state index contributed by atoms with van der Waals surface area (Å²) in [5, 5.41) is 0. The lowest BCUT2D eigenvalue weighted by atomic mass is 10.2. The van der Waals surface area contributed by atoms with Crippen LogP contribution in [0.3, 0.4) is 0 Å². The first kappa shape index (κ1) is 15.2. The highest BCUT2D eigenvalue weighted by molar-refractivity contribution is 8.03. The van der Waals surface area contributed by atoms with Gasteiger partial charge in [0.25, 0.3) is 0 Å². The zero-order valence-electron chi connectivity index (χ0n) is 12.6. The first-order valence-electron chi connectivity index (χ1n) is 7.47. The van der Waals surface area contributed by atoms with Gasteiger partial charge in [0.2, 0.25) is 0 Å². The van der Waals surface area contributed by atoms with Gasteiger partial charge in [0.15, 0.2) is 0 Å². The van der Waals surface area contributed by atoms with E-state index < -0.39 is 0 Å². The third-order valence-corrected chi connectivity index (χ3v) is 4.12. The zero-order chi connectivity index (χ0) is 15.7. The van der Waals surface area contributed by atoms with Crippen molar-refractivity contribution >= 4 is 17.8 Å². The molecule has 0 N–H and O–H groups in total. The summed E-state index contributed by atoms with van der Waals surface area (Å²) in [6.45, 7) is 0. The molecule has 0 unspecified atom stereocenters. The number of rotatable bonds is 3. The van der Waals surface area contributed by atoms with Gasteiger partial charge in [-0.3, -0.25) is 0 Å². The Morgan fingerprint density at radius 2 is 1.26 bits per heavy atom. The van der Waals surface area contributed by atoms with Gasteiger partial charge in [-0.2, -0.15) is 0 Å². The van der Waals surface area contributed by atoms with Crippen molar-refractivity contribution in [1.29, 1.82) is 0 Å². The lowest BCUT2D eigenvalue weighted by molar-refractivity contribution is 1.47. The molecule has 110 valence electrons. The van der Waals surface area contributed by atoms with Crippen molar-refractivity contribution in [3.63, 3.8) is 0 Å².